The van der Waals surface area contributed by atoms with Crippen LogP contribution < -0.4 is 0 Å². The maximum atomic E-state index is 13.0. The average Bonchev–Trinajstić information content (AvgIpc) is 2.91. The van der Waals surface area contributed by atoms with Gasteiger partial charge >= 0.3 is 0 Å². The molecule has 1 unspecified atom stereocenters. The largest absolute Gasteiger partial charge is 0.349 e. The summed E-state index contributed by atoms with van der Waals surface area (Å²) in [6.45, 7) is 4.80. The average molecular weight is 325 g/mol. The first-order valence-corrected chi connectivity index (χ1v) is 8.66. The predicted molar refractivity (Wildman–Crippen MR) is 82.9 cm³/mol. The number of nitrogens with zero attached hydrogens (tertiary/aromatic N) is 2. The van der Waals surface area contributed by atoms with Crippen LogP contribution in [-0.4, -0.2) is 23.8 Å². The highest BCUT2D eigenvalue weighted by Gasteiger charge is 2.34. The van der Waals surface area contributed by atoms with Gasteiger partial charge in [-0.3, -0.25) is 0 Å². The highest BCUT2D eigenvalue weighted by atomic mass is 35.5. The Morgan fingerprint density at radius 1 is 1.19 bits per heavy atom. The van der Waals surface area contributed by atoms with Gasteiger partial charge in [-0.05, 0) is 43.7 Å². The summed E-state index contributed by atoms with van der Waals surface area (Å²) in [4.78, 5) is 0.293. The Bertz CT molecular complexity index is 783. The monoisotopic (exact) mass is 324 g/mol. The molecule has 2 aromatic rings. The molecule has 6 heteroatoms. The van der Waals surface area contributed by atoms with E-state index in [0.717, 1.165) is 5.69 Å². The first-order valence-electron chi connectivity index (χ1n) is 6.85. The standard InChI is InChI=1S/C15H17ClN2O2S/c1-11-13(16)5-3-7-15(11)21(19,20)18-10-9-17-8-4-6-14(17)12(18)2/h3-8,12H,9-10H2,1-2H3. The number of rotatable bonds is 2. The zero-order valence-electron chi connectivity index (χ0n) is 12.0. The Morgan fingerprint density at radius 2 is 1.95 bits per heavy atom. The number of aromatic nitrogens is 1. The highest BCUT2D eigenvalue weighted by Crippen LogP contribution is 2.33. The molecular formula is C15H17ClN2O2S. The van der Waals surface area contributed by atoms with Crippen molar-refractivity contribution in [2.45, 2.75) is 31.3 Å². The Kier molecular flexibility index (Phi) is 3.59. The lowest BCUT2D eigenvalue weighted by molar-refractivity contribution is 0.282. The predicted octanol–water partition coefficient (Wildman–Crippen LogP) is 3.22. The maximum absolute atomic E-state index is 13.0. The summed E-state index contributed by atoms with van der Waals surface area (Å²) in [5.41, 5.74) is 1.62. The normalized spacial score (nSPS) is 19.5. The topological polar surface area (TPSA) is 42.3 Å². The van der Waals surface area contributed by atoms with Gasteiger partial charge in [-0.2, -0.15) is 4.31 Å². The van der Waals surface area contributed by atoms with E-state index in [1.165, 1.54) is 0 Å². The number of halogens is 1. The minimum absolute atomic E-state index is 0.183. The van der Waals surface area contributed by atoms with Gasteiger partial charge < -0.3 is 4.57 Å². The third-order valence-corrected chi connectivity index (χ3v) is 6.61. The fourth-order valence-electron chi connectivity index (χ4n) is 2.88. The lowest BCUT2D eigenvalue weighted by atomic mass is 10.2. The lowest BCUT2D eigenvalue weighted by Crippen LogP contribution is -2.40. The van der Waals surface area contributed by atoms with Crippen LogP contribution in [0.25, 0.3) is 0 Å². The highest BCUT2D eigenvalue weighted by molar-refractivity contribution is 7.89. The van der Waals surface area contributed by atoms with Crippen LogP contribution in [0.2, 0.25) is 5.02 Å². The quantitative estimate of drug-likeness (QED) is 0.851. The summed E-state index contributed by atoms with van der Waals surface area (Å²) in [5, 5.41) is 0.476. The van der Waals surface area contributed by atoms with Crippen LogP contribution in [0.3, 0.4) is 0 Å². The van der Waals surface area contributed by atoms with Gasteiger partial charge in [0.2, 0.25) is 10.0 Å². The van der Waals surface area contributed by atoms with E-state index >= 15 is 0 Å². The van der Waals surface area contributed by atoms with Gasteiger partial charge in [0.05, 0.1) is 10.9 Å². The molecule has 0 N–H and O–H groups in total. The van der Waals surface area contributed by atoms with Gasteiger partial charge in [-0.25, -0.2) is 8.42 Å². The minimum atomic E-state index is -3.55. The van der Waals surface area contributed by atoms with E-state index in [-0.39, 0.29) is 6.04 Å². The van der Waals surface area contributed by atoms with Crippen LogP contribution in [0.5, 0.6) is 0 Å². The third kappa shape index (κ3) is 2.29. The Labute approximate surface area is 130 Å². The molecule has 1 aromatic carbocycles. The fraction of sp³-hybridized carbons (Fsp3) is 0.333. The van der Waals surface area contributed by atoms with Crippen molar-refractivity contribution in [3.8, 4) is 0 Å². The van der Waals surface area contributed by atoms with Crippen molar-refractivity contribution in [2.75, 3.05) is 6.54 Å². The maximum Gasteiger partial charge on any atom is 0.244 e. The number of sulfonamides is 1. The molecule has 0 bridgehead atoms. The molecule has 0 spiro atoms. The molecule has 4 nitrogen and oxygen atoms in total. The molecule has 1 aromatic heterocycles. The van der Waals surface area contributed by atoms with Crippen LogP contribution in [0.4, 0.5) is 0 Å². The van der Waals surface area contributed by atoms with Crippen molar-refractivity contribution in [1.29, 1.82) is 0 Å². The van der Waals surface area contributed by atoms with Gasteiger partial charge in [0.25, 0.3) is 0 Å². The molecule has 2 heterocycles. The summed E-state index contributed by atoms with van der Waals surface area (Å²) < 4.78 is 29.6. The molecule has 1 aliphatic rings. The molecule has 3 rings (SSSR count). The lowest BCUT2D eigenvalue weighted by Gasteiger charge is -2.34. The molecule has 0 saturated carbocycles. The number of benzene rings is 1. The summed E-state index contributed by atoms with van der Waals surface area (Å²) >= 11 is 6.07. The van der Waals surface area contributed by atoms with Gasteiger partial charge in [0.1, 0.15) is 0 Å². The van der Waals surface area contributed by atoms with Crippen molar-refractivity contribution in [1.82, 2.24) is 8.87 Å². The van der Waals surface area contributed by atoms with E-state index < -0.39 is 10.0 Å². The first-order chi connectivity index (χ1) is 9.93. The Hall–Kier alpha value is -1.30. The van der Waals surface area contributed by atoms with E-state index in [0.29, 0.717) is 28.6 Å². The van der Waals surface area contributed by atoms with Crippen molar-refractivity contribution in [2.24, 2.45) is 0 Å². The van der Waals surface area contributed by atoms with Crippen molar-refractivity contribution < 1.29 is 8.42 Å². The molecule has 112 valence electrons. The van der Waals surface area contributed by atoms with E-state index in [1.54, 1.807) is 29.4 Å². The number of hydrogen-bond donors (Lipinski definition) is 0. The van der Waals surface area contributed by atoms with Gasteiger partial charge in [0.15, 0.2) is 0 Å². The smallest absolute Gasteiger partial charge is 0.244 e. The van der Waals surface area contributed by atoms with Crippen molar-refractivity contribution in [3.05, 3.63) is 52.8 Å². The van der Waals surface area contributed by atoms with Gasteiger partial charge in [-0.1, -0.05) is 17.7 Å². The fourth-order valence-corrected chi connectivity index (χ4v) is 4.96. The summed E-state index contributed by atoms with van der Waals surface area (Å²) in [6.07, 6.45) is 1.99. The molecule has 0 amide bonds. The van der Waals surface area contributed by atoms with E-state index in [2.05, 4.69) is 4.57 Å². The zero-order valence-corrected chi connectivity index (χ0v) is 13.5. The SMILES string of the molecule is Cc1c(Cl)cccc1S(=O)(=O)N1CCn2cccc2C1C. The molecule has 0 saturated heterocycles. The second kappa shape index (κ2) is 5.16. The Balaban J connectivity index is 2.06. The van der Waals surface area contributed by atoms with E-state index in [9.17, 15) is 8.42 Å². The van der Waals surface area contributed by atoms with Crippen LogP contribution in [-0.2, 0) is 16.6 Å². The van der Waals surface area contributed by atoms with Gasteiger partial charge in [-0.15, -0.1) is 0 Å². The molecule has 0 fully saturated rings. The molecule has 1 aliphatic heterocycles. The summed E-state index contributed by atoms with van der Waals surface area (Å²) in [6, 6.07) is 8.75. The summed E-state index contributed by atoms with van der Waals surface area (Å²) in [5.74, 6) is 0. The molecule has 1 atom stereocenters. The van der Waals surface area contributed by atoms with Crippen LogP contribution in [0.1, 0.15) is 24.2 Å². The molecular weight excluding hydrogens is 308 g/mol. The molecule has 0 radical (unpaired) electrons. The third-order valence-electron chi connectivity index (χ3n) is 4.09. The number of hydrogen-bond acceptors (Lipinski definition) is 2. The van der Waals surface area contributed by atoms with Crippen molar-refractivity contribution >= 4 is 21.6 Å². The number of fused-ring (bicyclic) bond motifs is 1. The second-order valence-corrected chi connectivity index (χ2v) is 7.55. The zero-order chi connectivity index (χ0) is 15.2. The van der Waals surface area contributed by atoms with Crippen molar-refractivity contribution in [3.63, 3.8) is 0 Å². The molecule has 0 aliphatic carbocycles. The van der Waals surface area contributed by atoms with E-state index in [1.807, 2.05) is 25.3 Å². The minimum Gasteiger partial charge on any atom is -0.349 e. The van der Waals surface area contributed by atoms with Crippen LogP contribution in [0, 0.1) is 6.92 Å². The summed E-state index contributed by atoms with van der Waals surface area (Å²) in [7, 11) is -3.55. The Morgan fingerprint density at radius 3 is 2.71 bits per heavy atom. The van der Waals surface area contributed by atoms with Gasteiger partial charge in [0, 0.05) is 30.0 Å². The molecule has 21 heavy (non-hydrogen) atoms. The van der Waals surface area contributed by atoms with Crippen LogP contribution >= 0.6 is 11.6 Å². The first kappa shape index (κ1) is 14.6. The second-order valence-electron chi connectivity index (χ2n) is 5.28. The van der Waals surface area contributed by atoms with E-state index in [4.69, 9.17) is 11.6 Å². The van der Waals surface area contributed by atoms with Crippen LogP contribution in [0.15, 0.2) is 41.4 Å².